The predicted octanol–water partition coefficient (Wildman–Crippen LogP) is 16.4. The first-order chi connectivity index (χ1) is 36.5. The molecular formula is C66H38N8. The summed E-state index contributed by atoms with van der Waals surface area (Å²) in [6.45, 7) is 8.02. The third kappa shape index (κ3) is 7.42. The van der Waals surface area contributed by atoms with Crippen molar-refractivity contribution in [3.63, 3.8) is 0 Å². The number of rotatable bonds is 8. The van der Waals surface area contributed by atoms with Crippen LogP contribution in [-0.4, -0.2) is 24.1 Å². The molecule has 13 rings (SSSR count). The molecule has 0 unspecified atom stereocenters. The molecular weight excluding hydrogens is 905 g/mol. The third-order valence-electron chi connectivity index (χ3n) is 13.8. The van der Waals surface area contributed by atoms with E-state index in [4.69, 9.17) is 21.5 Å². The average molecular weight is 943 g/mol. The first-order valence-electron chi connectivity index (χ1n) is 24.1. The molecule has 74 heavy (non-hydrogen) atoms. The Morgan fingerprint density at radius 3 is 1.22 bits per heavy atom. The van der Waals surface area contributed by atoms with Gasteiger partial charge in [0.1, 0.15) is 0 Å². The highest BCUT2D eigenvalue weighted by atomic mass is 15.0. The van der Waals surface area contributed by atoms with E-state index in [1.807, 2.05) is 91.0 Å². The van der Waals surface area contributed by atoms with Crippen LogP contribution in [0.2, 0.25) is 0 Å². The van der Waals surface area contributed by atoms with Crippen LogP contribution in [0.4, 0.5) is 5.69 Å². The van der Waals surface area contributed by atoms with Crippen molar-refractivity contribution in [2.24, 2.45) is 0 Å². The summed E-state index contributed by atoms with van der Waals surface area (Å²) in [4.78, 5) is 20.0. The molecule has 0 radical (unpaired) electrons. The van der Waals surface area contributed by atoms with Gasteiger partial charge in [-0.15, -0.1) is 0 Å². The second-order valence-electron chi connectivity index (χ2n) is 18.1. The minimum Gasteiger partial charge on any atom is -0.309 e. The topological polar surface area (TPSA) is 100 Å². The largest absolute Gasteiger partial charge is 0.309 e. The van der Waals surface area contributed by atoms with Crippen molar-refractivity contribution in [1.82, 2.24) is 24.1 Å². The molecule has 342 valence electrons. The van der Waals surface area contributed by atoms with Gasteiger partial charge >= 0.3 is 0 Å². The fourth-order valence-corrected chi connectivity index (χ4v) is 10.5. The van der Waals surface area contributed by atoms with Crippen molar-refractivity contribution >= 4 is 49.3 Å². The molecule has 0 bridgehead atoms. The third-order valence-corrected chi connectivity index (χ3v) is 13.8. The number of benzene rings is 10. The van der Waals surface area contributed by atoms with Gasteiger partial charge in [0.15, 0.2) is 23.2 Å². The second-order valence-corrected chi connectivity index (χ2v) is 18.1. The molecule has 13 aromatic rings. The molecule has 3 heterocycles. The Bertz CT molecular complexity index is 4210. The molecule has 0 aliphatic carbocycles. The minimum absolute atomic E-state index is 0.431. The van der Waals surface area contributed by atoms with E-state index in [-0.39, 0.29) is 0 Å². The van der Waals surface area contributed by atoms with Crippen molar-refractivity contribution in [1.29, 1.82) is 10.5 Å². The Balaban J connectivity index is 1.08. The zero-order valence-electron chi connectivity index (χ0n) is 39.5. The molecule has 8 heteroatoms. The Morgan fingerprint density at radius 1 is 0.338 bits per heavy atom. The van der Waals surface area contributed by atoms with Gasteiger partial charge in [0, 0.05) is 49.6 Å². The standard InChI is InChI=1S/C66H38N8/c1-69-49-21-13-19-47(37-49)59-39-51(74-62-28-8-4-24-54(62)55-25-5-9-29-63(55)74)31-33-57(59)66-71-64(48-20-12-17-45(36-48)44-16-10-14-42(34-44)40-67)70-65(72-66)56-32-30-50(38-58(56)46-18-11-15-43(35-46)41-68)73-60-26-6-2-22-52(60)53-23-3-7-27-61(53)73/h2-39H. The smallest absolute Gasteiger partial charge is 0.187 e. The molecule has 10 aromatic carbocycles. The van der Waals surface area contributed by atoms with Crippen LogP contribution in [0.5, 0.6) is 0 Å². The molecule has 3 aromatic heterocycles. The summed E-state index contributed by atoms with van der Waals surface area (Å²) in [5.74, 6) is 1.31. The fourth-order valence-electron chi connectivity index (χ4n) is 10.5. The maximum absolute atomic E-state index is 10.2. The number of hydrogen-bond acceptors (Lipinski definition) is 5. The molecule has 0 atom stereocenters. The number of nitriles is 2. The SMILES string of the molecule is [C-]#[N+]c1cccc(-c2cc(-n3c4ccccc4c4ccccc43)ccc2-c2nc(-c3cccc(-c4cccc(C#N)c4)c3)nc(-c3ccc(-n4c5ccccc5c5ccccc54)cc3-c3cccc(C#N)c3)n2)c1. The van der Waals surface area contributed by atoms with Gasteiger partial charge in [-0.05, 0) is 130 Å². The number of hydrogen-bond donors (Lipinski definition) is 0. The lowest BCUT2D eigenvalue weighted by Gasteiger charge is -2.17. The molecule has 0 fully saturated rings. The highest BCUT2D eigenvalue weighted by Crippen LogP contribution is 2.41. The first kappa shape index (κ1) is 43.3. The van der Waals surface area contributed by atoms with Crippen LogP contribution in [0.15, 0.2) is 231 Å². The molecule has 0 aliphatic heterocycles. The summed E-state index contributed by atoms with van der Waals surface area (Å²) in [5, 5.41) is 24.6. The van der Waals surface area contributed by atoms with Crippen LogP contribution in [0, 0.1) is 29.2 Å². The summed E-state index contributed by atoms with van der Waals surface area (Å²) in [6.07, 6.45) is 0. The zero-order chi connectivity index (χ0) is 49.7. The van der Waals surface area contributed by atoms with Crippen molar-refractivity contribution in [3.8, 4) is 91.1 Å². The van der Waals surface area contributed by atoms with Gasteiger partial charge in [-0.3, -0.25) is 0 Å². The molecule has 0 amide bonds. The monoisotopic (exact) mass is 942 g/mol. The average Bonchev–Trinajstić information content (AvgIpc) is 4.01. The summed E-state index contributed by atoms with van der Waals surface area (Å²) in [5.41, 5.74) is 15.1. The summed E-state index contributed by atoms with van der Waals surface area (Å²) < 4.78 is 4.57. The lowest BCUT2D eigenvalue weighted by molar-refractivity contribution is 1.07. The van der Waals surface area contributed by atoms with Crippen LogP contribution in [0.25, 0.3) is 127 Å². The van der Waals surface area contributed by atoms with E-state index in [9.17, 15) is 10.5 Å². The molecule has 0 spiro atoms. The Labute approximate surface area is 426 Å². The highest BCUT2D eigenvalue weighted by Gasteiger charge is 2.22. The van der Waals surface area contributed by atoms with Crippen molar-refractivity contribution < 1.29 is 0 Å². The van der Waals surface area contributed by atoms with E-state index in [2.05, 4.69) is 160 Å². The van der Waals surface area contributed by atoms with E-state index in [0.29, 0.717) is 34.3 Å². The van der Waals surface area contributed by atoms with Gasteiger partial charge in [0.25, 0.3) is 0 Å². The van der Waals surface area contributed by atoms with Crippen LogP contribution in [0.3, 0.4) is 0 Å². The predicted molar refractivity (Wildman–Crippen MR) is 297 cm³/mol. The Morgan fingerprint density at radius 2 is 0.730 bits per heavy atom. The minimum atomic E-state index is 0.431. The van der Waals surface area contributed by atoms with E-state index < -0.39 is 0 Å². The normalized spacial score (nSPS) is 11.2. The van der Waals surface area contributed by atoms with Crippen molar-refractivity contribution in [2.45, 2.75) is 0 Å². The first-order valence-corrected chi connectivity index (χ1v) is 24.1. The van der Waals surface area contributed by atoms with Gasteiger partial charge in [-0.1, -0.05) is 133 Å². The van der Waals surface area contributed by atoms with E-state index in [0.717, 1.165) is 105 Å². The number of fused-ring (bicyclic) bond motifs is 6. The van der Waals surface area contributed by atoms with Gasteiger partial charge in [-0.2, -0.15) is 10.5 Å². The number of aromatic nitrogens is 5. The van der Waals surface area contributed by atoms with E-state index in [1.54, 1.807) is 6.07 Å². The lowest BCUT2D eigenvalue weighted by atomic mass is 9.96. The van der Waals surface area contributed by atoms with Gasteiger partial charge < -0.3 is 9.13 Å². The summed E-state index contributed by atoms with van der Waals surface area (Å²) in [7, 11) is 0. The van der Waals surface area contributed by atoms with Crippen molar-refractivity contribution in [3.05, 3.63) is 253 Å². The van der Waals surface area contributed by atoms with E-state index >= 15 is 0 Å². The van der Waals surface area contributed by atoms with Crippen LogP contribution in [-0.2, 0) is 0 Å². The maximum Gasteiger partial charge on any atom is 0.187 e. The van der Waals surface area contributed by atoms with Crippen LogP contribution >= 0.6 is 0 Å². The number of nitrogens with zero attached hydrogens (tertiary/aromatic N) is 8. The molecule has 0 saturated carbocycles. The van der Waals surface area contributed by atoms with Gasteiger partial charge in [0.2, 0.25) is 0 Å². The molecule has 0 N–H and O–H groups in total. The Hall–Kier alpha value is -10.7. The molecule has 0 saturated heterocycles. The summed E-state index contributed by atoms with van der Waals surface area (Å²) in [6, 6.07) is 82.0. The van der Waals surface area contributed by atoms with Crippen molar-refractivity contribution in [2.75, 3.05) is 0 Å². The molecule has 8 nitrogen and oxygen atoms in total. The second kappa shape index (κ2) is 17.9. The van der Waals surface area contributed by atoms with Crippen LogP contribution < -0.4 is 0 Å². The van der Waals surface area contributed by atoms with Gasteiger partial charge in [0.05, 0.1) is 51.9 Å². The zero-order valence-corrected chi connectivity index (χ0v) is 39.5. The van der Waals surface area contributed by atoms with Gasteiger partial charge in [-0.25, -0.2) is 19.8 Å². The quantitative estimate of drug-likeness (QED) is 0.141. The maximum atomic E-state index is 10.2. The fraction of sp³-hybridized carbons (Fsp3) is 0. The van der Waals surface area contributed by atoms with Crippen LogP contribution in [0.1, 0.15) is 11.1 Å². The highest BCUT2D eigenvalue weighted by molar-refractivity contribution is 6.10. The number of para-hydroxylation sites is 4. The summed E-state index contributed by atoms with van der Waals surface area (Å²) >= 11 is 0. The Kier molecular flexibility index (Phi) is 10.5. The molecule has 0 aliphatic rings. The van der Waals surface area contributed by atoms with E-state index in [1.165, 1.54) is 0 Å². The lowest BCUT2D eigenvalue weighted by Crippen LogP contribution is -2.03.